The van der Waals surface area contributed by atoms with Crippen LogP contribution in [-0.4, -0.2) is 29.2 Å². The largest absolute Gasteiger partial charge is 0.573 e. The zero-order valence-electron chi connectivity index (χ0n) is 12.5. The van der Waals surface area contributed by atoms with Crippen LogP contribution in [0.5, 0.6) is 5.75 Å². The molecule has 2 N–H and O–H groups in total. The third kappa shape index (κ3) is 5.66. The van der Waals surface area contributed by atoms with Crippen LogP contribution < -0.4 is 10.5 Å². The molecular weight excluding hydrogens is 367 g/mol. The smallest absolute Gasteiger partial charge is 0.406 e. The van der Waals surface area contributed by atoms with Crippen molar-refractivity contribution in [2.45, 2.75) is 19.5 Å². The van der Waals surface area contributed by atoms with Crippen molar-refractivity contribution >= 4 is 29.7 Å². The van der Waals surface area contributed by atoms with Crippen LogP contribution in [0.1, 0.15) is 21.1 Å². The van der Waals surface area contributed by atoms with Gasteiger partial charge in [-0.3, -0.25) is 4.79 Å². The van der Waals surface area contributed by atoms with E-state index in [0.717, 1.165) is 0 Å². The molecule has 1 aromatic carbocycles. The van der Waals surface area contributed by atoms with E-state index in [4.69, 9.17) is 5.73 Å². The summed E-state index contributed by atoms with van der Waals surface area (Å²) in [5.41, 5.74) is 6.42. The highest BCUT2D eigenvalue weighted by Gasteiger charge is 2.31. The Kier molecular flexibility index (Phi) is 7.00. The van der Waals surface area contributed by atoms with Gasteiger partial charge >= 0.3 is 6.36 Å². The molecule has 2 aromatic rings. The number of rotatable bonds is 5. The van der Waals surface area contributed by atoms with Gasteiger partial charge in [0.25, 0.3) is 5.91 Å². The predicted molar refractivity (Wildman–Crippen MR) is 86.2 cm³/mol. The molecule has 1 heterocycles. The van der Waals surface area contributed by atoms with E-state index in [9.17, 15) is 18.0 Å². The maximum atomic E-state index is 12.2. The molecule has 0 aliphatic carbocycles. The van der Waals surface area contributed by atoms with Gasteiger partial charge in [0, 0.05) is 25.5 Å². The molecule has 0 saturated carbocycles. The number of alkyl halides is 3. The van der Waals surface area contributed by atoms with Crippen molar-refractivity contribution in [2.75, 3.05) is 7.05 Å². The Morgan fingerprint density at radius 1 is 1.33 bits per heavy atom. The van der Waals surface area contributed by atoms with Gasteiger partial charge in [0.05, 0.1) is 0 Å². The Hall–Kier alpha value is -1.84. The number of hydrogen-bond acceptors (Lipinski definition) is 5. The van der Waals surface area contributed by atoms with Gasteiger partial charge in [-0.05, 0) is 17.7 Å². The molecule has 0 radical (unpaired) electrons. The number of ether oxygens (including phenoxy) is 1. The average Bonchev–Trinajstić information content (AvgIpc) is 2.96. The third-order valence-electron chi connectivity index (χ3n) is 2.87. The van der Waals surface area contributed by atoms with Gasteiger partial charge in [-0.2, -0.15) is 0 Å². The highest BCUT2D eigenvalue weighted by molar-refractivity contribution is 7.09. The summed E-state index contributed by atoms with van der Waals surface area (Å²) in [6, 6.07) is 5.35. The van der Waals surface area contributed by atoms with Crippen molar-refractivity contribution in [1.29, 1.82) is 0 Å². The number of amides is 1. The number of thiazole rings is 1. The molecule has 132 valence electrons. The Bertz CT molecular complexity index is 677. The first-order valence-electron chi connectivity index (χ1n) is 6.53. The predicted octanol–water partition coefficient (Wildman–Crippen LogP) is 3.19. The highest BCUT2D eigenvalue weighted by Crippen LogP contribution is 2.23. The van der Waals surface area contributed by atoms with Gasteiger partial charge in [-0.25, -0.2) is 4.98 Å². The van der Waals surface area contributed by atoms with E-state index >= 15 is 0 Å². The summed E-state index contributed by atoms with van der Waals surface area (Å²) in [5, 5.41) is 2.29. The fraction of sp³-hybridized carbons (Fsp3) is 0.286. The fourth-order valence-corrected chi connectivity index (χ4v) is 2.49. The van der Waals surface area contributed by atoms with Gasteiger partial charge in [0.2, 0.25) is 0 Å². The zero-order valence-corrected chi connectivity index (χ0v) is 14.2. The van der Waals surface area contributed by atoms with Crippen LogP contribution in [-0.2, 0) is 13.1 Å². The molecule has 2 rings (SSSR count). The summed E-state index contributed by atoms with van der Waals surface area (Å²) in [6.45, 7) is 0.503. The molecule has 24 heavy (non-hydrogen) atoms. The molecular formula is C14H15ClF3N3O2S. The second-order valence-corrected chi connectivity index (χ2v) is 5.63. The van der Waals surface area contributed by atoms with Crippen LogP contribution >= 0.6 is 23.7 Å². The monoisotopic (exact) mass is 381 g/mol. The number of carbonyl (C=O) groups excluding carboxylic acids is 1. The minimum Gasteiger partial charge on any atom is -0.406 e. The first kappa shape index (κ1) is 20.2. The van der Waals surface area contributed by atoms with Crippen molar-refractivity contribution in [2.24, 2.45) is 5.73 Å². The summed E-state index contributed by atoms with van der Waals surface area (Å²) < 4.78 is 40.1. The fourth-order valence-electron chi connectivity index (χ4n) is 1.84. The van der Waals surface area contributed by atoms with Gasteiger partial charge in [-0.15, -0.1) is 36.9 Å². The maximum Gasteiger partial charge on any atom is 0.573 e. The van der Waals surface area contributed by atoms with Gasteiger partial charge in [0.1, 0.15) is 16.5 Å². The van der Waals surface area contributed by atoms with E-state index in [0.29, 0.717) is 16.3 Å². The third-order valence-corrected chi connectivity index (χ3v) is 3.74. The Morgan fingerprint density at radius 2 is 1.96 bits per heavy atom. The summed E-state index contributed by atoms with van der Waals surface area (Å²) in [4.78, 5) is 17.7. The lowest BCUT2D eigenvalue weighted by atomic mass is 10.2. The Morgan fingerprint density at radius 3 is 2.46 bits per heavy atom. The molecule has 1 amide bonds. The number of aromatic nitrogens is 1. The van der Waals surface area contributed by atoms with E-state index in [2.05, 4.69) is 9.72 Å². The summed E-state index contributed by atoms with van der Waals surface area (Å²) in [6.07, 6.45) is -4.72. The molecule has 0 unspecified atom stereocenters. The molecule has 0 fully saturated rings. The molecule has 0 aliphatic rings. The number of benzene rings is 1. The number of carbonyl (C=O) groups is 1. The van der Waals surface area contributed by atoms with Crippen molar-refractivity contribution in [3.63, 3.8) is 0 Å². The van der Waals surface area contributed by atoms with Gasteiger partial charge in [0.15, 0.2) is 0 Å². The average molecular weight is 382 g/mol. The number of nitrogens with two attached hydrogens (primary N) is 1. The summed E-state index contributed by atoms with van der Waals surface area (Å²) in [7, 11) is 1.59. The standard InChI is InChI=1S/C14H14F3N3O2S.ClH/c1-20(13(21)11-8-23-12(6-18)19-11)7-9-2-4-10(5-3-9)22-14(15,16)17;/h2-5,8H,6-7,18H2,1H3;1H. The normalized spacial score (nSPS) is 10.9. The second-order valence-electron chi connectivity index (χ2n) is 4.68. The molecule has 5 nitrogen and oxygen atoms in total. The lowest BCUT2D eigenvalue weighted by Crippen LogP contribution is -2.26. The van der Waals surface area contributed by atoms with Crippen molar-refractivity contribution in [3.8, 4) is 5.75 Å². The topological polar surface area (TPSA) is 68.5 Å². The first-order chi connectivity index (χ1) is 10.8. The number of hydrogen-bond donors (Lipinski definition) is 1. The van der Waals surface area contributed by atoms with E-state index in [1.165, 1.54) is 40.5 Å². The van der Waals surface area contributed by atoms with Crippen molar-refractivity contribution < 1.29 is 22.7 Å². The molecule has 0 bridgehead atoms. The molecule has 0 spiro atoms. The van der Waals surface area contributed by atoms with E-state index < -0.39 is 6.36 Å². The van der Waals surface area contributed by atoms with Crippen molar-refractivity contribution in [1.82, 2.24) is 9.88 Å². The highest BCUT2D eigenvalue weighted by atomic mass is 35.5. The number of halogens is 4. The van der Waals surface area contributed by atoms with Crippen LogP contribution in [0.15, 0.2) is 29.6 Å². The van der Waals surface area contributed by atoms with Crippen molar-refractivity contribution in [3.05, 3.63) is 45.9 Å². The first-order valence-corrected chi connectivity index (χ1v) is 7.41. The van der Waals surface area contributed by atoms with Gasteiger partial charge < -0.3 is 15.4 Å². The second kappa shape index (κ2) is 8.32. The van der Waals surface area contributed by atoms with Crippen LogP contribution in [0.4, 0.5) is 13.2 Å². The van der Waals surface area contributed by atoms with Crippen LogP contribution in [0.3, 0.4) is 0 Å². The van der Waals surface area contributed by atoms with E-state index in [-0.39, 0.29) is 37.2 Å². The van der Waals surface area contributed by atoms with Crippen LogP contribution in [0, 0.1) is 0 Å². The lowest BCUT2D eigenvalue weighted by molar-refractivity contribution is -0.274. The lowest BCUT2D eigenvalue weighted by Gasteiger charge is -2.16. The molecule has 0 atom stereocenters. The van der Waals surface area contributed by atoms with Crippen LogP contribution in [0.2, 0.25) is 0 Å². The van der Waals surface area contributed by atoms with Crippen LogP contribution in [0.25, 0.3) is 0 Å². The van der Waals surface area contributed by atoms with Gasteiger partial charge in [-0.1, -0.05) is 12.1 Å². The molecule has 0 aliphatic heterocycles. The Balaban J connectivity index is 0.00000288. The molecule has 0 saturated heterocycles. The maximum absolute atomic E-state index is 12.2. The summed E-state index contributed by atoms with van der Waals surface area (Å²) in [5.74, 6) is -0.584. The van der Waals surface area contributed by atoms with E-state index in [1.807, 2.05) is 0 Å². The molecule has 1 aromatic heterocycles. The zero-order chi connectivity index (χ0) is 17.0. The number of nitrogens with zero attached hydrogens (tertiary/aromatic N) is 2. The van der Waals surface area contributed by atoms with E-state index in [1.54, 1.807) is 12.4 Å². The minimum atomic E-state index is -4.72. The quantitative estimate of drug-likeness (QED) is 0.863. The molecule has 10 heteroatoms. The minimum absolute atomic E-state index is 0. The Labute approximate surface area is 146 Å². The summed E-state index contributed by atoms with van der Waals surface area (Å²) >= 11 is 1.30. The SMILES string of the molecule is CN(Cc1ccc(OC(F)(F)F)cc1)C(=O)c1csc(CN)n1.Cl.